The van der Waals surface area contributed by atoms with Gasteiger partial charge in [-0.15, -0.1) is 0 Å². The minimum absolute atomic E-state index is 0.0362. The van der Waals surface area contributed by atoms with Crippen molar-refractivity contribution < 1.29 is 28.8 Å². The Bertz CT molecular complexity index is 1280. The quantitative estimate of drug-likeness (QED) is 0.239. The fourth-order valence-electron chi connectivity index (χ4n) is 2.56. The summed E-state index contributed by atoms with van der Waals surface area (Å²) in [5, 5.41) is 10.7. The largest absolute Gasteiger partial charge is 0.468 e. The number of nitrogens with zero attached hydrogens (tertiary/aromatic N) is 3. The van der Waals surface area contributed by atoms with E-state index in [9.17, 15) is 24.5 Å². The number of amides is 1. The number of thiazole rings is 1. The van der Waals surface area contributed by atoms with Crippen LogP contribution in [0, 0.1) is 10.1 Å². The second-order valence-corrected chi connectivity index (χ2v) is 8.04. The number of hydrogen-bond acceptors (Lipinski definition) is 9. The molecule has 0 aliphatic heterocycles. The van der Waals surface area contributed by atoms with Crippen molar-refractivity contribution in [3.63, 3.8) is 0 Å². The van der Waals surface area contributed by atoms with Crippen molar-refractivity contribution in [2.24, 2.45) is 4.99 Å². The standard InChI is InChI=1S/C19H15N3O7S2/c1-28-17(24)10-21-13-6-3-11(18(25)29-2)9-14(13)31-19(21)20-15(23)7-4-12-5-8-16(30-12)22(26)27/h3-9H,10H2,1-2H3/b7-4-,20-19?. The van der Waals surface area contributed by atoms with E-state index < -0.39 is 22.8 Å². The van der Waals surface area contributed by atoms with Crippen LogP contribution in [0.2, 0.25) is 0 Å². The first kappa shape index (κ1) is 22.1. The first-order chi connectivity index (χ1) is 14.8. The summed E-state index contributed by atoms with van der Waals surface area (Å²) in [6.45, 7) is -0.180. The van der Waals surface area contributed by atoms with Crippen LogP contribution in [-0.2, 0) is 25.6 Å². The van der Waals surface area contributed by atoms with Crippen LogP contribution in [0.15, 0.2) is 41.4 Å². The van der Waals surface area contributed by atoms with Crippen LogP contribution < -0.4 is 4.80 Å². The van der Waals surface area contributed by atoms with Crippen LogP contribution in [0.25, 0.3) is 16.3 Å². The molecule has 3 aromatic rings. The number of ether oxygens (including phenoxy) is 2. The maximum atomic E-state index is 12.4. The Kier molecular flexibility index (Phi) is 6.72. The van der Waals surface area contributed by atoms with Crippen LogP contribution >= 0.6 is 22.7 Å². The Morgan fingerprint density at radius 1 is 1.16 bits per heavy atom. The lowest BCUT2D eigenvalue weighted by molar-refractivity contribution is -0.380. The SMILES string of the molecule is COC(=O)Cn1c(=NC(=O)/C=C\c2ccc([N+](=O)[O-])s2)sc2cc(C(=O)OC)ccc21. The minimum Gasteiger partial charge on any atom is -0.468 e. The monoisotopic (exact) mass is 461 g/mol. The Morgan fingerprint density at radius 2 is 1.94 bits per heavy atom. The molecule has 1 aromatic carbocycles. The number of aromatic nitrogens is 1. The van der Waals surface area contributed by atoms with Gasteiger partial charge in [-0.1, -0.05) is 22.7 Å². The second-order valence-electron chi connectivity index (χ2n) is 5.94. The summed E-state index contributed by atoms with van der Waals surface area (Å²) < 4.78 is 11.6. The van der Waals surface area contributed by atoms with Gasteiger partial charge in [0.05, 0.1) is 34.9 Å². The summed E-state index contributed by atoms with van der Waals surface area (Å²) in [7, 11) is 2.52. The molecule has 31 heavy (non-hydrogen) atoms. The van der Waals surface area contributed by atoms with Gasteiger partial charge in [0.1, 0.15) is 6.54 Å². The van der Waals surface area contributed by atoms with E-state index in [2.05, 4.69) is 4.99 Å². The molecule has 0 spiro atoms. The number of carbonyl (C=O) groups is 3. The third kappa shape index (κ3) is 5.10. The molecule has 160 valence electrons. The van der Waals surface area contributed by atoms with Crippen molar-refractivity contribution in [2.45, 2.75) is 6.54 Å². The zero-order valence-corrected chi connectivity index (χ0v) is 17.9. The van der Waals surface area contributed by atoms with Crippen LogP contribution in [0.4, 0.5) is 5.00 Å². The number of rotatable bonds is 6. The summed E-state index contributed by atoms with van der Waals surface area (Å²) in [5.41, 5.74) is 0.908. The summed E-state index contributed by atoms with van der Waals surface area (Å²) in [6, 6.07) is 7.64. The maximum Gasteiger partial charge on any atom is 0.337 e. The van der Waals surface area contributed by atoms with Gasteiger partial charge in [0.15, 0.2) is 4.80 Å². The maximum absolute atomic E-state index is 12.4. The van der Waals surface area contributed by atoms with E-state index in [1.54, 1.807) is 18.2 Å². The first-order valence-corrected chi connectivity index (χ1v) is 10.2. The topological polar surface area (TPSA) is 130 Å². The predicted molar refractivity (Wildman–Crippen MR) is 114 cm³/mol. The minimum atomic E-state index is -0.616. The molecule has 1 amide bonds. The summed E-state index contributed by atoms with van der Waals surface area (Å²) in [6.07, 6.45) is 2.61. The number of hydrogen-bond donors (Lipinski definition) is 0. The van der Waals surface area contributed by atoms with E-state index in [4.69, 9.17) is 9.47 Å². The second kappa shape index (κ2) is 9.45. The molecule has 0 radical (unpaired) electrons. The number of fused-ring (bicyclic) bond motifs is 1. The fourth-order valence-corrected chi connectivity index (χ4v) is 4.36. The molecule has 2 aromatic heterocycles. The molecular weight excluding hydrogens is 446 g/mol. The average Bonchev–Trinajstić information content (AvgIpc) is 3.36. The molecule has 0 fully saturated rings. The third-order valence-electron chi connectivity index (χ3n) is 4.01. The number of nitro groups is 1. The van der Waals surface area contributed by atoms with Gasteiger partial charge in [0, 0.05) is 17.0 Å². The van der Waals surface area contributed by atoms with Crippen molar-refractivity contribution in [2.75, 3.05) is 14.2 Å². The number of thiophene rings is 1. The van der Waals surface area contributed by atoms with Gasteiger partial charge in [-0.25, -0.2) is 4.79 Å². The van der Waals surface area contributed by atoms with Crippen molar-refractivity contribution in [3.05, 3.63) is 61.8 Å². The molecular formula is C19H15N3O7S2. The molecule has 0 N–H and O–H groups in total. The summed E-state index contributed by atoms with van der Waals surface area (Å²) >= 11 is 2.04. The lowest BCUT2D eigenvalue weighted by Crippen LogP contribution is -2.22. The highest BCUT2D eigenvalue weighted by atomic mass is 32.1. The molecule has 12 heteroatoms. The van der Waals surface area contributed by atoms with Crippen LogP contribution in [0.3, 0.4) is 0 Å². The van der Waals surface area contributed by atoms with Crippen molar-refractivity contribution in [1.82, 2.24) is 4.57 Å². The molecule has 0 saturated heterocycles. The molecule has 3 rings (SSSR count). The van der Waals surface area contributed by atoms with Crippen molar-refractivity contribution in [1.29, 1.82) is 0 Å². The lowest BCUT2D eigenvalue weighted by Gasteiger charge is -2.04. The Morgan fingerprint density at radius 3 is 2.58 bits per heavy atom. The first-order valence-electron chi connectivity index (χ1n) is 8.62. The van der Waals surface area contributed by atoms with E-state index in [1.165, 1.54) is 43.1 Å². The molecule has 0 bridgehead atoms. The van der Waals surface area contributed by atoms with Gasteiger partial charge >= 0.3 is 16.9 Å². The summed E-state index contributed by atoms with van der Waals surface area (Å²) in [4.78, 5) is 51.0. The van der Waals surface area contributed by atoms with Gasteiger partial charge in [-0.2, -0.15) is 4.99 Å². The van der Waals surface area contributed by atoms with E-state index in [1.807, 2.05) is 0 Å². The highest BCUT2D eigenvalue weighted by Crippen LogP contribution is 2.25. The summed E-state index contributed by atoms with van der Waals surface area (Å²) in [5.74, 6) is -1.67. The number of esters is 2. The highest BCUT2D eigenvalue weighted by Gasteiger charge is 2.14. The van der Waals surface area contributed by atoms with E-state index in [0.29, 0.717) is 20.7 Å². The van der Waals surface area contributed by atoms with E-state index in [0.717, 1.165) is 22.7 Å². The predicted octanol–water partition coefficient (Wildman–Crippen LogP) is 2.77. The van der Waals surface area contributed by atoms with Gasteiger partial charge in [0.25, 0.3) is 5.91 Å². The molecule has 0 atom stereocenters. The van der Waals surface area contributed by atoms with Gasteiger partial charge < -0.3 is 14.0 Å². The average molecular weight is 461 g/mol. The molecule has 0 saturated carbocycles. The number of carbonyl (C=O) groups excluding carboxylic acids is 3. The Labute approximate surface area is 182 Å². The normalized spacial score (nSPS) is 11.7. The highest BCUT2D eigenvalue weighted by molar-refractivity contribution is 7.16. The Balaban J connectivity index is 1.99. The number of methoxy groups -OCH3 is 2. The molecule has 0 aliphatic rings. The van der Waals surface area contributed by atoms with Crippen molar-refractivity contribution in [3.8, 4) is 0 Å². The van der Waals surface area contributed by atoms with Gasteiger partial charge in [-0.3, -0.25) is 19.7 Å². The van der Waals surface area contributed by atoms with Crippen molar-refractivity contribution >= 4 is 61.8 Å². The zero-order valence-electron chi connectivity index (χ0n) is 16.3. The van der Waals surface area contributed by atoms with Gasteiger partial charge in [0.2, 0.25) is 0 Å². The smallest absolute Gasteiger partial charge is 0.337 e. The lowest BCUT2D eigenvalue weighted by atomic mass is 10.2. The van der Waals surface area contributed by atoms with Crippen LogP contribution in [0.5, 0.6) is 0 Å². The Hall–Kier alpha value is -3.64. The molecule has 10 nitrogen and oxygen atoms in total. The van der Waals surface area contributed by atoms with E-state index >= 15 is 0 Å². The van der Waals surface area contributed by atoms with Crippen LogP contribution in [0.1, 0.15) is 15.2 Å². The van der Waals surface area contributed by atoms with Crippen LogP contribution in [-0.4, -0.2) is 41.6 Å². The molecule has 0 aliphatic carbocycles. The van der Waals surface area contributed by atoms with E-state index in [-0.39, 0.29) is 16.3 Å². The van der Waals surface area contributed by atoms with Gasteiger partial charge in [-0.05, 0) is 30.3 Å². The third-order valence-corrected chi connectivity index (χ3v) is 6.05. The molecule has 0 unspecified atom stereocenters. The fraction of sp³-hybridized carbons (Fsp3) is 0.158. The zero-order chi connectivity index (χ0) is 22.5. The molecule has 2 heterocycles. The number of benzene rings is 1.